The molecule has 1 atom stereocenters. The quantitative estimate of drug-likeness (QED) is 0.774. The summed E-state index contributed by atoms with van der Waals surface area (Å²) >= 11 is 0. The molecule has 0 bridgehead atoms. The Balaban J connectivity index is 2.42. The number of nitrogens with zero attached hydrogens (tertiary/aromatic N) is 2. The first-order valence-corrected chi connectivity index (χ1v) is 5.48. The number of amides is 1. The van der Waals surface area contributed by atoms with Crippen LogP contribution in [0.25, 0.3) is 0 Å². The van der Waals surface area contributed by atoms with Gasteiger partial charge in [-0.2, -0.15) is 5.10 Å². The Morgan fingerprint density at radius 3 is 2.81 bits per heavy atom. The maximum atomic E-state index is 11.8. The zero-order valence-corrected chi connectivity index (χ0v) is 10.1. The van der Waals surface area contributed by atoms with E-state index in [1.807, 2.05) is 13.8 Å². The second-order valence-electron chi connectivity index (χ2n) is 4.47. The molecule has 5 heteroatoms. The summed E-state index contributed by atoms with van der Waals surface area (Å²) < 4.78 is 0. The molecule has 1 aromatic heterocycles. The normalized spacial score (nSPS) is 12.8. The molecule has 1 aromatic rings. The smallest absolute Gasteiger partial charge is 0.224 e. The fourth-order valence-corrected chi connectivity index (χ4v) is 1.32. The molecule has 1 heterocycles. The summed E-state index contributed by atoms with van der Waals surface area (Å²) in [6.07, 6.45) is 3.89. The van der Waals surface area contributed by atoms with Crippen molar-refractivity contribution < 1.29 is 4.79 Å². The number of aromatic nitrogens is 2. The van der Waals surface area contributed by atoms with Crippen molar-refractivity contribution in [1.82, 2.24) is 15.1 Å². The number of carbonyl (C=O) groups is 1. The van der Waals surface area contributed by atoms with Gasteiger partial charge in [-0.3, -0.25) is 9.89 Å². The zero-order chi connectivity index (χ0) is 12.1. The van der Waals surface area contributed by atoms with Gasteiger partial charge >= 0.3 is 0 Å². The lowest BCUT2D eigenvalue weighted by molar-refractivity contribution is -0.131. The number of nitrogens with one attached hydrogen (secondary N) is 1. The third kappa shape index (κ3) is 3.66. The number of nitrogens with two attached hydrogens (primary N) is 1. The Bertz CT molecular complexity index is 321. The van der Waals surface area contributed by atoms with Crippen molar-refractivity contribution in [3.05, 3.63) is 18.0 Å². The van der Waals surface area contributed by atoms with E-state index in [0.29, 0.717) is 18.9 Å². The van der Waals surface area contributed by atoms with Gasteiger partial charge in [0.05, 0.1) is 6.20 Å². The van der Waals surface area contributed by atoms with Gasteiger partial charge in [0.15, 0.2) is 0 Å². The molecule has 0 aliphatic rings. The topological polar surface area (TPSA) is 75.0 Å². The monoisotopic (exact) mass is 224 g/mol. The molecule has 90 valence electrons. The van der Waals surface area contributed by atoms with Gasteiger partial charge in [-0.25, -0.2) is 0 Å². The maximum absolute atomic E-state index is 11.8. The Labute approximate surface area is 96.0 Å². The molecule has 0 aliphatic heterocycles. The van der Waals surface area contributed by atoms with Crippen LogP contribution in [0.3, 0.4) is 0 Å². The van der Waals surface area contributed by atoms with Crippen molar-refractivity contribution in [1.29, 1.82) is 0 Å². The van der Waals surface area contributed by atoms with E-state index >= 15 is 0 Å². The minimum absolute atomic E-state index is 0.0701. The lowest BCUT2D eigenvalue weighted by Gasteiger charge is -2.20. The van der Waals surface area contributed by atoms with Crippen LogP contribution in [-0.4, -0.2) is 34.1 Å². The average Bonchev–Trinajstić information content (AvgIpc) is 2.69. The highest BCUT2D eigenvalue weighted by molar-refractivity contribution is 5.76. The van der Waals surface area contributed by atoms with E-state index in [-0.39, 0.29) is 11.9 Å². The van der Waals surface area contributed by atoms with Crippen LogP contribution in [0.5, 0.6) is 0 Å². The molecular formula is C11H20N4O. The van der Waals surface area contributed by atoms with E-state index in [0.717, 1.165) is 5.56 Å². The first-order valence-electron chi connectivity index (χ1n) is 5.48. The standard InChI is InChI=1S/C11H20N4O/c1-8(2)10(12)4-11(16)15(3)7-9-5-13-14-6-9/h5-6,8,10H,4,7,12H2,1-3H3,(H,13,14). The van der Waals surface area contributed by atoms with Crippen molar-refractivity contribution in [3.8, 4) is 0 Å². The van der Waals surface area contributed by atoms with Gasteiger partial charge in [0.1, 0.15) is 0 Å². The minimum Gasteiger partial charge on any atom is -0.341 e. The third-order valence-corrected chi connectivity index (χ3v) is 2.67. The van der Waals surface area contributed by atoms with Gasteiger partial charge in [-0.05, 0) is 5.92 Å². The maximum Gasteiger partial charge on any atom is 0.224 e. The molecule has 1 unspecified atom stereocenters. The molecule has 1 amide bonds. The highest BCUT2D eigenvalue weighted by Gasteiger charge is 2.16. The van der Waals surface area contributed by atoms with E-state index in [1.54, 1.807) is 24.3 Å². The molecule has 5 nitrogen and oxygen atoms in total. The summed E-state index contributed by atoms with van der Waals surface area (Å²) in [4.78, 5) is 13.5. The van der Waals surface area contributed by atoms with Crippen molar-refractivity contribution in [2.75, 3.05) is 7.05 Å². The summed E-state index contributed by atoms with van der Waals surface area (Å²) in [7, 11) is 1.78. The third-order valence-electron chi connectivity index (χ3n) is 2.67. The molecule has 0 radical (unpaired) electrons. The van der Waals surface area contributed by atoms with Gasteiger partial charge in [0, 0.05) is 37.8 Å². The Morgan fingerprint density at radius 2 is 2.31 bits per heavy atom. The van der Waals surface area contributed by atoms with Gasteiger partial charge in [-0.1, -0.05) is 13.8 Å². The van der Waals surface area contributed by atoms with Gasteiger partial charge in [-0.15, -0.1) is 0 Å². The SMILES string of the molecule is CC(C)C(N)CC(=O)N(C)Cc1cn[nH]c1. The van der Waals surface area contributed by atoms with Gasteiger partial charge in [0.25, 0.3) is 0 Å². The lowest BCUT2D eigenvalue weighted by Crippen LogP contribution is -2.35. The molecule has 0 spiro atoms. The fraction of sp³-hybridized carbons (Fsp3) is 0.636. The van der Waals surface area contributed by atoms with Crippen molar-refractivity contribution in [2.45, 2.75) is 32.9 Å². The molecule has 0 aliphatic carbocycles. The van der Waals surface area contributed by atoms with E-state index in [1.165, 1.54) is 0 Å². The first kappa shape index (κ1) is 12.7. The van der Waals surface area contributed by atoms with Crippen LogP contribution in [0.4, 0.5) is 0 Å². The fourth-order valence-electron chi connectivity index (χ4n) is 1.32. The molecular weight excluding hydrogens is 204 g/mol. The second kappa shape index (κ2) is 5.65. The van der Waals surface area contributed by atoms with E-state index in [9.17, 15) is 4.79 Å². The summed E-state index contributed by atoms with van der Waals surface area (Å²) in [5, 5.41) is 6.56. The van der Waals surface area contributed by atoms with Crippen LogP contribution in [0.1, 0.15) is 25.8 Å². The number of H-pyrrole nitrogens is 1. The minimum atomic E-state index is -0.0701. The number of rotatable bonds is 5. The van der Waals surface area contributed by atoms with E-state index in [2.05, 4.69) is 10.2 Å². The van der Waals surface area contributed by atoms with Crippen LogP contribution in [-0.2, 0) is 11.3 Å². The number of hydrogen-bond donors (Lipinski definition) is 2. The van der Waals surface area contributed by atoms with Crippen molar-refractivity contribution >= 4 is 5.91 Å². The van der Waals surface area contributed by atoms with Crippen LogP contribution >= 0.6 is 0 Å². The predicted octanol–water partition coefficient (Wildman–Crippen LogP) is 0.741. The summed E-state index contributed by atoms with van der Waals surface area (Å²) in [6, 6.07) is -0.0701. The van der Waals surface area contributed by atoms with Crippen LogP contribution < -0.4 is 5.73 Å². The van der Waals surface area contributed by atoms with Crippen molar-refractivity contribution in [2.24, 2.45) is 11.7 Å². The largest absolute Gasteiger partial charge is 0.341 e. The molecule has 3 N–H and O–H groups in total. The Morgan fingerprint density at radius 1 is 1.62 bits per heavy atom. The molecule has 0 aromatic carbocycles. The number of aromatic amines is 1. The Hall–Kier alpha value is -1.36. The number of carbonyl (C=O) groups excluding carboxylic acids is 1. The van der Waals surface area contributed by atoms with Gasteiger partial charge < -0.3 is 10.6 Å². The molecule has 16 heavy (non-hydrogen) atoms. The highest BCUT2D eigenvalue weighted by atomic mass is 16.2. The number of hydrogen-bond acceptors (Lipinski definition) is 3. The summed E-state index contributed by atoms with van der Waals surface area (Å²) in [6.45, 7) is 4.61. The molecule has 0 fully saturated rings. The van der Waals surface area contributed by atoms with E-state index in [4.69, 9.17) is 5.73 Å². The van der Waals surface area contributed by atoms with E-state index < -0.39 is 0 Å². The predicted molar refractivity (Wildman–Crippen MR) is 62.5 cm³/mol. The van der Waals surface area contributed by atoms with Gasteiger partial charge in [0.2, 0.25) is 5.91 Å². The molecule has 0 saturated carbocycles. The lowest BCUT2D eigenvalue weighted by atomic mass is 10.0. The van der Waals surface area contributed by atoms with Crippen LogP contribution in [0, 0.1) is 5.92 Å². The Kier molecular flexibility index (Phi) is 4.49. The molecule has 0 saturated heterocycles. The van der Waals surface area contributed by atoms with Crippen LogP contribution in [0.2, 0.25) is 0 Å². The zero-order valence-electron chi connectivity index (χ0n) is 10.1. The first-order chi connectivity index (χ1) is 7.50. The van der Waals surface area contributed by atoms with Crippen LogP contribution in [0.15, 0.2) is 12.4 Å². The van der Waals surface area contributed by atoms with Crippen molar-refractivity contribution in [3.63, 3.8) is 0 Å². The highest BCUT2D eigenvalue weighted by Crippen LogP contribution is 2.07. The molecule has 1 rings (SSSR count). The summed E-state index contributed by atoms with van der Waals surface area (Å²) in [5.41, 5.74) is 6.86. The summed E-state index contributed by atoms with van der Waals surface area (Å²) in [5.74, 6) is 0.397. The second-order valence-corrected chi connectivity index (χ2v) is 4.47. The average molecular weight is 224 g/mol.